The number of piperidine rings is 2. The molecule has 0 amide bonds. The van der Waals surface area contributed by atoms with Crippen molar-refractivity contribution in [2.45, 2.75) is 137 Å². The molecule has 2 aromatic carbocycles. The Morgan fingerprint density at radius 1 is 0.661 bits per heavy atom. The van der Waals surface area contributed by atoms with E-state index in [-0.39, 0.29) is 57.3 Å². The monoisotopic (exact) mass is 844 g/mol. The summed E-state index contributed by atoms with van der Waals surface area (Å²) in [5.74, 6) is 5.43. The Morgan fingerprint density at radius 3 is 1.82 bits per heavy atom. The van der Waals surface area contributed by atoms with Crippen molar-refractivity contribution in [3.05, 3.63) is 58.7 Å². The number of nitrogens with zero attached hydrogens (tertiary/aromatic N) is 2. The molecule has 12 atom stereocenters. The normalized spacial score (nSPS) is 43.8. The third-order valence-electron chi connectivity index (χ3n) is 20.2. The quantitative estimate of drug-likeness (QED) is 0.238. The molecule has 0 aromatic heterocycles. The summed E-state index contributed by atoms with van der Waals surface area (Å²) in [4.78, 5) is 31.6. The Bertz CT molecular complexity index is 2330. The summed E-state index contributed by atoms with van der Waals surface area (Å²) in [5.41, 5.74) is 4.15. The van der Waals surface area contributed by atoms with Crippen LogP contribution in [0.5, 0.6) is 23.0 Å². The first kappa shape index (κ1) is 39.0. The van der Waals surface area contributed by atoms with E-state index in [1.54, 1.807) is 42.3 Å². The number of fused-ring (bicyclic) bond motifs is 3. The van der Waals surface area contributed by atoms with Gasteiger partial charge in [-0.05, 0) is 139 Å². The van der Waals surface area contributed by atoms with E-state index in [0.717, 1.165) is 99.3 Å². The first-order valence-corrected chi connectivity index (χ1v) is 24.0. The average Bonchev–Trinajstić information content (AvgIpc) is 4.22. The van der Waals surface area contributed by atoms with Gasteiger partial charge < -0.3 is 28.4 Å². The molecule has 330 valence electrons. The van der Waals surface area contributed by atoms with E-state index in [1.165, 1.54) is 61.0 Å². The zero-order valence-corrected chi connectivity index (χ0v) is 37.6. The first-order valence-electron chi connectivity index (χ1n) is 24.0. The summed E-state index contributed by atoms with van der Waals surface area (Å²) in [6.45, 7) is 8.15. The highest BCUT2D eigenvalue weighted by Crippen LogP contribution is 2.78. The van der Waals surface area contributed by atoms with Gasteiger partial charge in [-0.2, -0.15) is 0 Å². The molecule has 10 nitrogen and oxygen atoms in total. The van der Waals surface area contributed by atoms with Gasteiger partial charge in [-0.1, -0.05) is 24.3 Å². The Hall–Kier alpha value is -3.44. The Balaban J connectivity index is 0.000000126. The van der Waals surface area contributed by atoms with E-state index < -0.39 is 11.2 Å². The summed E-state index contributed by atoms with van der Waals surface area (Å²) in [6.07, 6.45) is 18.0. The van der Waals surface area contributed by atoms with Gasteiger partial charge in [0.2, 0.25) is 0 Å². The number of ether oxygens (including phenoxy) is 6. The molecule has 2 aromatic rings. The molecule has 10 aliphatic carbocycles. The van der Waals surface area contributed by atoms with Crippen LogP contribution in [0.25, 0.3) is 0 Å². The summed E-state index contributed by atoms with van der Waals surface area (Å²) in [7, 11) is 7.01. The highest BCUT2D eigenvalue weighted by atomic mass is 16.6. The van der Waals surface area contributed by atoms with Crippen molar-refractivity contribution in [2.75, 3.05) is 54.6 Å². The lowest BCUT2D eigenvalue weighted by atomic mass is 9.34. The van der Waals surface area contributed by atoms with E-state index in [4.69, 9.17) is 28.4 Å². The lowest BCUT2D eigenvalue weighted by Gasteiger charge is -2.73. The number of rotatable bonds is 10. The maximum absolute atomic E-state index is 13.0. The van der Waals surface area contributed by atoms with Crippen LogP contribution in [0.3, 0.4) is 0 Å². The Labute approximate surface area is 366 Å². The maximum atomic E-state index is 13.0. The zero-order valence-electron chi connectivity index (χ0n) is 37.6. The molecule has 0 radical (unpaired) electrons. The molecular weight excluding hydrogens is 781 g/mol. The number of hydrogen-bond donors (Lipinski definition) is 0. The van der Waals surface area contributed by atoms with Gasteiger partial charge in [-0.15, -0.1) is 0 Å². The van der Waals surface area contributed by atoms with Crippen LogP contribution in [-0.4, -0.2) is 111 Å². The van der Waals surface area contributed by atoms with Crippen LogP contribution in [-0.2, 0) is 42.7 Å². The van der Waals surface area contributed by atoms with Crippen molar-refractivity contribution in [3.8, 4) is 23.0 Å². The average molecular weight is 845 g/mol. The van der Waals surface area contributed by atoms with Crippen molar-refractivity contribution in [2.24, 2.45) is 34.5 Å². The minimum atomic E-state index is -0.713. The molecule has 0 N–H and O–H groups in total. The van der Waals surface area contributed by atoms with Crippen molar-refractivity contribution in [1.82, 2.24) is 9.80 Å². The molecule has 4 heterocycles. The number of carbonyl (C=O) groups excluding carboxylic acids is 2. The molecule has 62 heavy (non-hydrogen) atoms. The summed E-state index contributed by atoms with van der Waals surface area (Å²) < 4.78 is 37.9. The molecule has 16 rings (SSSR count). The van der Waals surface area contributed by atoms with Crippen molar-refractivity contribution in [3.63, 3.8) is 0 Å². The zero-order chi connectivity index (χ0) is 42.3. The smallest absolute Gasteiger partial charge is 0.166 e. The number of carbonyl (C=O) groups is 2. The van der Waals surface area contributed by atoms with Crippen LogP contribution in [0.15, 0.2) is 36.4 Å². The minimum Gasteiger partial charge on any atom is -0.493 e. The lowest BCUT2D eigenvalue weighted by molar-refractivity contribution is -0.271. The van der Waals surface area contributed by atoms with Crippen LogP contribution in [0.4, 0.5) is 0 Å². The van der Waals surface area contributed by atoms with Gasteiger partial charge in [-0.3, -0.25) is 19.4 Å². The van der Waals surface area contributed by atoms with Crippen molar-refractivity contribution >= 4 is 11.6 Å². The largest absolute Gasteiger partial charge is 0.493 e. The molecular formula is C52H64N2O8. The maximum Gasteiger partial charge on any atom is 0.166 e. The van der Waals surface area contributed by atoms with Gasteiger partial charge >= 0.3 is 0 Å². The molecule has 14 aliphatic rings. The van der Waals surface area contributed by atoms with Gasteiger partial charge in [0.1, 0.15) is 35.0 Å². The van der Waals surface area contributed by atoms with Gasteiger partial charge in [0, 0.05) is 66.8 Å². The second kappa shape index (κ2) is 12.7. The second-order valence-electron chi connectivity index (χ2n) is 22.0. The van der Waals surface area contributed by atoms with Gasteiger partial charge in [-0.25, -0.2) is 0 Å². The third kappa shape index (κ3) is 4.34. The lowest BCUT2D eigenvalue weighted by Crippen LogP contribution is -2.81. The molecule has 4 aliphatic heterocycles. The molecule has 10 heteroatoms. The standard InChI is InChI=1S/C26H33NO4.C26H31NO4/c2*1-15(28)18-13-24-8-9-26(18,30-3)23-25(24)10-11-27(14-16-4-5-16)20(24)12-17-6-7-19(29-2)22(31-23)21(17)25/h6-7,16,18,20,23H,4-5,8-14H2,1-3H3;6-9,16,18,20,23H,4-5,10-14H2,1-3H3/t2*18-,20-,23-,24-,25+,26-/m11/s1. The van der Waals surface area contributed by atoms with Crippen LogP contribution in [0.2, 0.25) is 0 Å². The van der Waals surface area contributed by atoms with Crippen LogP contribution in [0.1, 0.15) is 100 Å². The number of benzene rings is 2. The fourth-order valence-electron chi connectivity index (χ4n) is 17.4. The van der Waals surface area contributed by atoms with Crippen molar-refractivity contribution in [1.29, 1.82) is 0 Å². The van der Waals surface area contributed by atoms with Crippen molar-refractivity contribution < 1.29 is 38.0 Å². The van der Waals surface area contributed by atoms with E-state index in [2.05, 4.69) is 46.2 Å². The predicted octanol–water partition coefficient (Wildman–Crippen LogP) is 6.79. The van der Waals surface area contributed by atoms with Crippen LogP contribution in [0, 0.1) is 34.5 Å². The fourth-order valence-corrected chi connectivity index (χ4v) is 17.4. The number of hydrogen-bond acceptors (Lipinski definition) is 10. The topological polar surface area (TPSA) is 96.0 Å². The van der Waals surface area contributed by atoms with Crippen LogP contribution >= 0.6 is 0 Å². The molecule has 6 saturated carbocycles. The molecule has 4 spiro atoms. The third-order valence-corrected chi connectivity index (χ3v) is 20.2. The predicted molar refractivity (Wildman–Crippen MR) is 231 cm³/mol. The fraction of sp³-hybridized carbons (Fsp3) is 0.692. The number of likely N-dealkylation sites (tertiary alicyclic amines) is 2. The van der Waals surface area contributed by atoms with E-state index in [0.29, 0.717) is 12.1 Å². The van der Waals surface area contributed by atoms with E-state index >= 15 is 0 Å². The van der Waals surface area contributed by atoms with Crippen LogP contribution < -0.4 is 18.9 Å². The molecule has 8 bridgehead atoms. The summed E-state index contributed by atoms with van der Waals surface area (Å²) >= 11 is 0. The number of ketones is 2. The summed E-state index contributed by atoms with van der Waals surface area (Å²) in [6, 6.07) is 9.61. The number of methoxy groups -OCH3 is 4. The highest BCUT2D eigenvalue weighted by molar-refractivity contribution is 5.83. The Kier molecular flexibility index (Phi) is 7.96. The SMILES string of the molecule is COc1ccc2c3c1O[C@H]1[C@@]4(OC)C=C[C@@]5(C[C@@H]4C(C)=O)[C@@H](C2)N(CC2CC2)CC[C@]315.COc1ccc2c3c1O[C@H]1[C@@]4(OC)CC[C@@]5(C[C@@H]4C(C)=O)[C@@H](C2)N(CC2CC2)CC[C@]315. The van der Waals surface area contributed by atoms with Gasteiger partial charge in [0.05, 0.1) is 31.5 Å². The highest BCUT2D eigenvalue weighted by Gasteiger charge is 2.82. The van der Waals surface area contributed by atoms with Gasteiger partial charge in [0.15, 0.2) is 23.0 Å². The van der Waals surface area contributed by atoms with E-state index in [9.17, 15) is 9.59 Å². The molecule has 8 fully saturated rings. The van der Waals surface area contributed by atoms with E-state index in [1.807, 2.05) is 0 Å². The molecule has 0 unspecified atom stereocenters. The Morgan fingerprint density at radius 2 is 1.24 bits per heavy atom. The first-order chi connectivity index (χ1) is 30.0. The minimum absolute atomic E-state index is 0.0601. The van der Waals surface area contributed by atoms with Gasteiger partial charge in [0.25, 0.3) is 0 Å². The number of Topliss-reactive ketones (excluding diaryl/α,β-unsaturated/α-hetero) is 2. The summed E-state index contributed by atoms with van der Waals surface area (Å²) in [5, 5.41) is 0. The second-order valence-corrected chi connectivity index (χ2v) is 22.0. The molecule has 2 saturated heterocycles.